The smallest absolute Gasteiger partial charge is 0.268 e. The lowest BCUT2D eigenvalue weighted by Gasteiger charge is -2.25. The van der Waals surface area contributed by atoms with Gasteiger partial charge in [0.1, 0.15) is 16.2 Å². The zero-order valence-corrected chi connectivity index (χ0v) is 12.8. The van der Waals surface area contributed by atoms with Gasteiger partial charge in [-0.2, -0.15) is 0 Å². The van der Waals surface area contributed by atoms with Gasteiger partial charge < -0.3 is 19.4 Å². The van der Waals surface area contributed by atoms with Gasteiger partial charge in [-0.25, -0.2) is 13.6 Å². The summed E-state index contributed by atoms with van der Waals surface area (Å²) >= 11 is 0. The lowest BCUT2D eigenvalue weighted by Crippen LogP contribution is -2.45. The first-order chi connectivity index (χ1) is 9.77. The number of ether oxygens (including phenoxy) is 2. The van der Waals surface area contributed by atoms with Crippen molar-refractivity contribution in [1.82, 2.24) is 9.88 Å². The van der Waals surface area contributed by atoms with Crippen LogP contribution in [0.15, 0.2) is 17.2 Å². The van der Waals surface area contributed by atoms with E-state index in [4.69, 9.17) is 14.6 Å². The van der Waals surface area contributed by atoms with Crippen LogP contribution >= 0.6 is 0 Å². The summed E-state index contributed by atoms with van der Waals surface area (Å²) in [4.78, 5) is 12.1. The molecular weight excluding hydrogens is 298 g/mol. The molecule has 1 saturated heterocycles. The van der Waals surface area contributed by atoms with Gasteiger partial charge >= 0.3 is 0 Å². The summed E-state index contributed by atoms with van der Waals surface area (Å²) in [6.07, 6.45) is 1.99. The van der Waals surface area contributed by atoms with Gasteiger partial charge in [-0.15, -0.1) is 0 Å². The van der Waals surface area contributed by atoms with Gasteiger partial charge in [0.2, 0.25) is 10.0 Å². The van der Waals surface area contributed by atoms with E-state index in [2.05, 4.69) is 5.32 Å². The molecular formula is C12H19N3O5S. The highest BCUT2D eigenvalue weighted by Crippen LogP contribution is 2.21. The van der Waals surface area contributed by atoms with E-state index in [0.717, 1.165) is 0 Å². The van der Waals surface area contributed by atoms with Crippen molar-refractivity contribution >= 4 is 15.9 Å². The van der Waals surface area contributed by atoms with Crippen molar-refractivity contribution in [3.05, 3.63) is 18.0 Å². The first-order valence-electron chi connectivity index (χ1n) is 6.38. The number of hydrogen-bond donors (Lipinski definition) is 2. The standard InChI is InChI=1S/C12H19N3O5S/c1-15-6-9(21(13,17)18)5-10(15)11(16)14-7-12(19-2)3-4-20-8-12/h5-6H,3-4,7-8H2,1-2H3,(H,14,16)(H2,13,17,18). The minimum Gasteiger partial charge on any atom is -0.378 e. The molecule has 2 rings (SSSR count). The highest BCUT2D eigenvalue weighted by Gasteiger charge is 2.35. The Hall–Kier alpha value is -1.42. The maximum absolute atomic E-state index is 12.2. The van der Waals surface area contributed by atoms with E-state index < -0.39 is 21.5 Å². The zero-order valence-electron chi connectivity index (χ0n) is 12.0. The third-order valence-corrected chi connectivity index (χ3v) is 4.49. The Morgan fingerprint density at radius 3 is 2.81 bits per heavy atom. The second-order valence-electron chi connectivity index (χ2n) is 5.09. The molecule has 0 aliphatic carbocycles. The maximum Gasteiger partial charge on any atom is 0.268 e. The summed E-state index contributed by atoms with van der Waals surface area (Å²) in [5.41, 5.74) is -0.312. The molecule has 0 saturated carbocycles. The molecule has 9 heteroatoms. The zero-order chi connectivity index (χ0) is 15.7. The average Bonchev–Trinajstić information content (AvgIpc) is 3.02. The minimum absolute atomic E-state index is 0.0965. The number of rotatable bonds is 5. The molecule has 118 valence electrons. The molecule has 1 aliphatic heterocycles. The van der Waals surface area contributed by atoms with E-state index in [0.29, 0.717) is 19.6 Å². The lowest BCUT2D eigenvalue weighted by molar-refractivity contribution is -0.0149. The highest BCUT2D eigenvalue weighted by molar-refractivity contribution is 7.89. The van der Waals surface area contributed by atoms with Crippen molar-refractivity contribution in [3.63, 3.8) is 0 Å². The van der Waals surface area contributed by atoms with Crippen molar-refractivity contribution < 1.29 is 22.7 Å². The van der Waals surface area contributed by atoms with E-state index in [1.807, 2.05) is 0 Å². The third-order valence-electron chi connectivity index (χ3n) is 3.61. The molecule has 1 atom stereocenters. The molecule has 8 nitrogen and oxygen atoms in total. The average molecular weight is 317 g/mol. The molecule has 0 aromatic carbocycles. The monoisotopic (exact) mass is 317 g/mol. The molecule has 1 unspecified atom stereocenters. The molecule has 1 fully saturated rings. The first-order valence-corrected chi connectivity index (χ1v) is 7.92. The van der Waals surface area contributed by atoms with Crippen LogP contribution in [0.2, 0.25) is 0 Å². The number of nitrogens with two attached hydrogens (primary N) is 1. The summed E-state index contributed by atoms with van der Waals surface area (Å²) < 4.78 is 34.7. The van der Waals surface area contributed by atoms with Crippen LogP contribution < -0.4 is 10.5 Å². The number of nitrogens with zero attached hydrogens (tertiary/aromatic N) is 1. The number of aryl methyl sites for hydroxylation is 1. The van der Waals surface area contributed by atoms with Crippen LogP contribution in [0, 0.1) is 0 Å². The number of sulfonamides is 1. The molecule has 1 aliphatic rings. The molecule has 0 radical (unpaired) electrons. The van der Waals surface area contributed by atoms with Gasteiger partial charge in [-0.05, 0) is 6.07 Å². The summed E-state index contributed by atoms with van der Waals surface area (Å²) in [7, 11) is -0.681. The van der Waals surface area contributed by atoms with Crippen molar-refractivity contribution in [2.24, 2.45) is 12.2 Å². The first kappa shape index (κ1) is 16.0. The molecule has 1 amide bonds. The van der Waals surface area contributed by atoms with Crippen molar-refractivity contribution in [2.45, 2.75) is 16.9 Å². The Morgan fingerprint density at radius 2 is 2.33 bits per heavy atom. The Kier molecular flexibility index (Phi) is 4.38. The van der Waals surface area contributed by atoms with E-state index in [1.165, 1.54) is 16.8 Å². The number of methoxy groups -OCH3 is 1. The predicted octanol–water partition coefficient (Wildman–Crippen LogP) is -0.792. The summed E-state index contributed by atoms with van der Waals surface area (Å²) in [5, 5.41) is 7.78. The van der Waals surface area contributed by atoms with Crippen molar-refractivity contribution in [2.75, 3.05) is 26.9 Å². The Labute approximate surface area is 123 Å². The molecule has 3 N–H and O–H groups in total. The molecule has 1 aromatic rings. The van der Waals surface area contributed by atoms with Gasteiger partial charge in [-0.1, -0.05) is 0 Å². The number of aromatic nitrogens is 1. The SMILES string of the molecule is COC1(CNC(=O)c2cc(S(N)(=O)=O)cn2C)CCOC1. The van der Waals surface area contributed by atoms with Crippen molar-refractivity contribution in [1.29, 1.82) is 0 Å². The third kappa shape index (κ3) is 3.43. The Bertz CT molecular complexity index is 631. The fourth-order valence-corrected chi connectivity index (χ4v) is 2.79. The second-order valence-corrected chi connectivity index (χ2v) is 6.65. The molecule has 0 bridgehead atoms. The van der Waals surface area contributed by atoms with Gasteiger partial charge in [0.25, 0.3) is 5.91 Å². The van der Waals surface area contributed by atoms with Crippen LogP contribution in [0.1, 0.15) is 16.9 Å². The number of amides is 1. The lowest BCUT2D eigenvalue weighted by atomic mass is 10.0. The fourth-order valence-electron chi connectivity index (χ4n) is 2.21. The van der Waals surface area contributed by atoms with E-state index in [9.17, 15) is 13.2 Å². The number of primary sulfonamides is 1. The number of carbonyl (C=O) groups excluding carboxylic acids is 1. The summed E-state index contributed by atoms with van der Waals surface area (Å²) in [6, 6.07) is 1.25. The van der Waals surface area contributed by atoms with E-state index in [1.54, 1.807) is 14.2 Å². The molecule has 2 heterocycles. The second kappa shape index (κ2) is 5.76. The van der Waals surface area contributed by atoms with Crippen LogP contribution in [-0.2, 0) is 26.5 Å². The van der Waals surface area contributed by atoms with E-state index >= 15 is 0 Å². The van der Waals surface area contributed by atoms with Crippen molar-refractivity contribution in [3.8, 4) is 0 Å². The normalized spacial score (nSPS) is 22.4. The molecule has 0 spiro atoms. The van der Waals surface area contributed by atoms with Crippen LogP contribution in [0.25, 0.3) is 0 Å². The highest BCUT2D eigenvalue weighted by atomic mass is 32.2. The Balaban J connectivity index is 2.09. The van der Waals surface area contributed by atoms with Crippen LogP contribution in [0.4, 0.5) is 0 Å². The van der Waals surface area contributed by atoms with Gasteiger partial charge in [-0.3, -0.25) is 4.79 Å². The van der Waals surface area contributed by atoms with Gasteiger partial charge in [0.15, 0.2) is 0 Å². The molecule has 21 heavy (non-hydrogen) atoms. The number of hydrogen-bond acceptors (Lipinski definition) is 5. The summed E-state index contributed by atoms with van der Waals surface area (Å²) in [6.45, 7) is 1.29. The topological polar surface area (TPSA) is 113 Å². The van der Waals surface area contributed by atoms with Gasteiger partial charge in [0.05, 0.1) is 6.61 Å². The van der Waals surface area contributed by atoms with Gasteiger partial charge in [0, 0.05) is 39.9 Å². The molecule has 1 aromatic heterocycles. The maximum atomic E-state index is 12.2. The minimum atomic E-state index is -3.83. The quantitative estimate of drug-likeness (QED) is 0.739. The predicted molar refractivity (Wildman–Crippen MR) is 74.3 cm³/mol. The van der Waals surface area contributed by atoms with Crippen LogP contribution in [0.3, 0.4) is 0 Å². The largest absolute Gasteiger partial charge is 0.378 e. The van der Waals surface area contributed by atoms with E-state index in [-0.39, 0.29) is 17.1 Å². The van der Waals surface area contributed by atoms with Crippen LogP contribution in [-0.4, -0.2) is 51.4 Å². The summed E-state index contributed by atoms with van der Waals surface area (Å²) in [5.74, 6) is -0.393. The number of carbonyl (C=O) groups is 1. The van der Waals surface area contributed by atoms with Crippen LogP contribution in [0.5, 0.6) is 0 Å². The Morgan fingerprint density at radius 1 is 1.62 bits per heavy atom. The fraction of sp³-hybridized carbons (Fsp3) is 0.583. The number of nitrogens with one attached hydrogen (secondary N) is 1.